The van der Waals surface area contributed by atoms with E-state index in [4.69, 9.17) is 0 Å². The molecule has 0 amide bonds. The van der Waals surface area contributed by atoms with Gasteiger partial charge in [-0.1, -0.05) is 12.8 Å². The first kappa shape index (κ1) is 12.3. The third kappa shape index (κ3) is 3.67. The summed E-state index contributed by atoms with van der Waals surface area (Å²) in [6, 6.07) is 3.42. The molecule has 0 saturated heterocycles. The fourth-order valence-electron chi connectivity index (χ4n) is 2.06. The van der Waals surface area contributed by atoms with Crippen LogP contribution < -0.4 is 9.44 Å². The molecule has 1 aliphatic carbocycles. The van der Waals surface area contributed by atoms with Crippen molar-refractivity contribution in [2.75, 3.05) is 4.72 Å². The molecule has 1 fully saturated rings. The standard InChI is InChI=1S/C11H17N3O2S/c1-9-8-11(6-7-12-9)14-17(15,16)13-10-4-2-3-5-10/h6-8,10,13H,2-5H2,1H3,(H,12,14). The predicted molar refractivity (Wildman–Crippen MR) is 66.9 cm³/mol. The Morgan fingerprint density at radius 2 is 2.06 bits per heavy atom. The van der Waals surface area contributed by atoms with E-state index in [-0.39, 0.29) is 6.04 Å². The maximum atomic E-state index is 11.8. The lowest BCUT2D eigenvalue weighted by molar-refractivity contribution is 0.557. The Balaban J connectivity index is 2.01. The Morgan fingerprint density at radius 1 is 1.35 bits per heavy atom. The van der Waals surface area contributed by atoms with Crippen molar-refractivity contribution in [2.24, 2.45) is 0 Å². The Morgan fingerprint density at radius 3 is 2.71 bits per heavy atom. The van der Waals surface area contributed by atoms with Crippen molar-refractivity contribution in [3.8, 4) is 0 Å². The van der Waals surface area contributed by atoms with Crippen molar-refractivity contribution < 1.29 is 8.42 Å². The molecule has 0 aliphatic heterocycles. The molecule has 0 atom stereocenters. The predicted octanol–water partition coefficient (Wildman–Crippen LogP) is 1.58. The first-order chi connectivity index (χ1) is 8.05. The van der Waals surface area contributed by atoms with E-state index in [9.17, 15) is 8.42 Å². The van der Waals surface area contributed by atoms with Crippen LogP contribution in [0.1, 0.15) is 31.4 Å². The number of rotatable bonds is 4. The molecule has 2 rings (SSSR count). The van der Waals surface area contributed by atoms with Gasteiger partial charge in [-0.05, 0) is 31.9 Å². The van der Waals surface area contributed by atoms with Crippen LogP contribution >= 0.6 is 0 Å². The van der Waals surface area contributed by atoms with Crippen LogP contribution in [0.15, 0.2) is 18.3 Å². The molecular weight excluding hydrogens is 238 g/mol. The minimum atomic E-state index is -3.46. The average Bonchev–Trinajstić information content (AvgIpc) is 2.68. The Bertz CT molecular complexity index is 481. The molecule has 0 aromatic carbocycles. The van der Waals surface area contributed by atoms with E-state index in [0.29, 0.717) is 5.69 Å². The number of hydrogen-bond acceptors (Lipinski definition) is 3. The summed E-state index contributed by atoms with van der Waals surface area (Å²) in [5.74, 6) is 0. The molecule has 0 radical (unpaired) electrons. The molecule has 2 N–H and O–H groups in total. The van der Waals surface area contributed by atoms with Gasteiger partial charge in [0.15, 0.2) is 0 Å². The summed E-state index contributed by atoms with van der Waals surface area (Å²) in [5.41, 5.74) is 1.33. The number of aromatic nitrogens is 1. The van der Waals surface area contributed by atoms with E-state index >= 15 is 0 Å². The van der Waals surface area contributed by atoms with Crippen LogP contribution in [0.2, 0.25) is 0 Å². The van der Waals surface area contributed by atoms with Crippen LogP contribution in [-0.2, 0) is 10.2 Å². The fourth-order valence-corrected chi connectivity index (χ4v) is 3.23. The van der Waals surface area contributed by atoms with Gasteiger partial charge >= 0.3 is 0 Å². The summed E-state index contributed by atoms with van der Waals surface area (Å²) < 4.78 is 28.8. The maximum absolute atomic E-state index is 11.8. The van der Waals surface area contributed by atoms with Gasteiger partial charge in [0.05, 0.1) is 5.69 Å². The molecule has 1 saturated carbocycles. The summed E-state index contributed by atoms with van der Waals surface area (Å²) >= 11 is 0. The van der Waals surface area contributed by atoms with E-state index in [0.717, 1.165) is 31.4 Å². The van der Waals surface area contributed by atoms with Gasteiger partial charge in [0.25, 0.3) is 10.2 Å². The second-order valence-corrected chi connectivity index (χ2v) is 5.84. The van der Waals surface area contributed by atoms with Crippen LogP contribution in [-0.4, -0.2) is 19.4 Å². The highest BCUT2D eigenvalue weighted by atomic mass is 32.2. The van der Waals surface area contributed by atoms with E-state index in [1.54, 1.807) is 18.3 Å². The highest BCUT2D eigenvalue weighted by Gasteiger charge is 2.21. The Hall–Kier alpha value is -1.14. The topological polar surface area (TPSA) is 71.1 Å². The number of nitrogens with one attached hydrogen (secondary N) is 2. The van der Waals surface area contributed by atoms with Gasteiger partial charge in [0, 0.05) is 17.9 Å². The lowest BCUT2D eigenvalue weighted by Crippen LogP contribution is -2.37. The van der Waals surface area contributed by atoms with E-state index in [2.05, 4.69) is 14.4 Å². The van der Waals surface area contributed by atoms with Crippen LogP contribution in [0.3, 0.4) is 0 Å². The van der Waals surface area contributed by atoms with Gasteiger partial charge in [-0.15, -0.1) is 0 Å². The van der Waals surface area contributed by atoms with Crippen molar-refractivity contribution >= 4 is 15.9 Å². The monoisotopic (exact) mass is 255 g/mol. The van der Waals surface area contributed by atoms with E-state index < -0.39 is 10.2 Å². The van der Waals surface area contributed by atoms with Crippen LogP contribution in [0, 0.1) is 6.92 Å². The summed E-state index contributed by atoms with van der Waals surface area (Å²) in [6.45, 7) is 1.82. The number of pyridine rings is 1. The molecule has 0 unspecified atom stereocenters. The minimum absolute atomic E-state index is 0.0791. The molecule has 1 aromatic heterocycles. The molecule has 1 aromatic rings. The zero-order valence-corrected chi connectivity index (χ0v) is 10.6. The lowest BCUT2D eigenvalue weighted by atomic mass is 10.3. The number of aryl methyl sites for hydroxylation is 1. The number of anilines is 1. The summed E-state index contributed by atoms with van der Waals surface area (Å²) in [5, 5.41) is 0. The zero-order valence-electron chi connectivity index (χ0n) is 9.81. The molecule has 6 heteroatoms. The maximum Gasteiger partial charge on any atom is 0.299 e. The second kappa shape index (κ2) is 5.01. The van der Waals surface area contributed by atoms with Crippen molar-refractivity contribution in [2.45, 2.75) is 38.6 Å². The second-order valence-electron chi connectivity index (χ2n) is 4.39. The van der Waals surface area contributed by atoms with Crippen molar-refractivity contribution in [3.63, 3.8) is 0 Å². The van der Waals surface area contributed by atoms with Crippen molar-refractivity contribution in [1.29, 1.82) is 0 Å². The summed E-state index contributed by atoms with van der Waals surface area (Å²) in [6.07, 6.45) is 5.64. The first-order valence-corrected chi connectivity index (χ1v) is 7.26. The number of nitrogens with zero attached hydrogens (tertiary/aromatic N) is 1. The molecule has 0 spiro atoms. The quantitative estimate of drug-likeness (QED) is 0.858. The highest BCUT2D eigenvalue weighted by molar-refractivity contribution is 7.90. The molecular formula is C11H17N3O2S. The number of hydrogen-bond donors (Lipinski definition) is 2. The molecule has 1 heterocycles. The van der Waals surface area contributed by atoms with Crippen LogP contribution in [0.4, 0.5) is 5.69 Å². The van der Waals surface area contributed by atoms with Gasteiger partial charge in [-0.2, -0.15) is 13.1 Å². The van der Waals surface area contributed by atoms with E-state index in [1.165, 1.54) is 0 Å². The van der Waals surface area contributed by atoms with Crippen LogP contribution in [0.25, 0.3) is 0 Å². The Kier molecular flexibility index (Phi) is 3.63. The molecule has 17 heavy (non-hydrogen) atoms. The third-order valence-corrected chi connectivity index (χ3v) is 3.97. The molecule has 94 valence electrons. The fraction of sp³-hybridized carbons (Fsp3) is 0.545. The van der Waals surface area contributed by atoms with Gasteiger partial charge in [-0.3, -0.25) is 9.71 Å². The largest absolute Gasteiger partial charge is 0.299 e. The van der Waals surface area contributed by atoms with E-state index in [1.807, 2.05) is 6.92 Å². The van der Waals surface area contributed by atoms with Gasteiger partial charge in [0.1, 0.15) is 0 Å². The summed E-state index contributed by atoms with van der Waals surface area (Å²) in [4.78, 5) is 4.02. The SMILES string of the molecule is Cc1cc(NS(=O)(=O)NC2CCCC2)ccn1. The smallest absolute Gasteiger partial charge is 0.271 e. The molecule has 5 nitrogen and oxygen atoms in total. The third-order valence-electron chi connectivity index (χ3n) is 2.83. The van der Waals surface area contributed by atoms with Crippen molar-refractivity contribution in [1.82, 2.24) is 9.71 Å². The summed E-state index contributed by atoms with van der Waals surface area (Å²) in [7, 11) is -3.46. The normalized spacial score (nSPS) is 17.2. The minimum Gasteiger partial charge on any atom is -0.271 e. The zero-order chi connectivity index (χ0) is 12.3. The van der Waals surface area contributed by atoms with Crippen molar-refractivity contribution in [3.05, 3.63) is 24.0 Å². The van der Waals surface area contributed by atoms with Gasteiger partial charge < -0.3 is 0 Å². The first-order valence-electron chi connectivity index (χ1n) is 5.78. The highest BCUT2D eigenvalue weighted by Crippen LogP contribution is 2.19. The Labute approximate surface area is 102 Å². The molecule has 0 bridgehead atoms. The van der Waals surface area contributed by atoms with Gasteiger partial charge in [-0.25, -0.2) is 0 Å². The molecule has 1 aliphatic rings. The average molecular weight is 255 g/mol. The van der Waals surface area contributed by atoms with Gasteiger partial charge in [0.2, 0.25) is 0 Å². The van der Waals surface area contributed by atoms with Crippen LogP contribution in [0.5, 0.6) is 0 Å². The lowest BCUT2D eigenvalue weighted by Gasteiger charge is -2.14.